The van der Waals surface area contributed by atoms with Crippen LogP contribution in [0.15, 0.2) is 0 Å². The standard InChI is InChI=1S/C6H6F2N2/c1-5-2-9-4-10(5)3-6(7)8/h6H,3H2,1H3. The van der Waals surface area contributed by atoms with E-state index in [9.17, 15) is 8.78 Å². The summed E-state index contributed by atoms with van der Waals surface area (Å²) < 4.78 is 24.6. The molecule has 0 aromatic carbocycles. The molecule has 0 aliphatic heterocycles. The van der Waals surface area contributed by atoms with Gasteiger partial charge in [0.25, 0.3) is 6.43 Å². The zero-order valence-corrected chi connectivity index (χ0v) is 5.43. The Kier molecular flexibility index (Phi) is 1.99. The molecule has 54 valence electrons. The first-order chi connectivity index (χ1) is 4.70. The second-order valence-electron chi connectivity index (χ2n) is 1.91. The monoisotopic (exact) mass is 144 g/mol. The van der Waals surface area contributed by atoms with Crippen LogP contribution in [-0.4, -0.2) is 16.0 Å². The van der Waals surface area contributed by atoms with Crippen LogP contribution in [0.5, 0.6) is 0 Å². The van der Waals surface area contributed by atoms with Gasteiger partial charge in [-0.3, -0.25) is 0 Å². The van der Waals surface area contributed by atoms with Crippen molar-refractivity contribution in [2.45, 2.75) is 19.9 Å². The molecule has 0 aliphatic rings. The molecule has 1 rings (SSSR count). The molecule has 2 nitrogen and oxygen atoms in total. The Balaban J connectivity index is 2.65. The molecule has 0 saturated carbocycles. The molecule has 0 atom stereocenters. The molecule has 10 heavy (non-hydrogen) atoms. The van der Waals surface area contributed by atoms with E-state index in [1.807, 2.05) is 0 Å². The average molecular weight is 144 g/mol. The van der Waals surface area contributed by atoms with Gasteiger partial charge in [-0.25, -0.2) is 13.8 Å². The van der Waals surface area contributed by atoms with Gasteiger partial charge in [0.2, 0.25) is 0 Å². The van der Waals surface area contributed by atoms with Gasteiger partial charge in [0.05, 0.1) is 6.54 Å². The maximum atomic E-state index is 11.7. The lowest BCUT2D eigenvalue weighted by molar-refractivity contribution is 0.125. The van der Waals surface area contributed by atoms with Crippen molar-refractivity contribution in [1.29, 1.82) is 0 Å². The molecule has 2 radical (unpaired) electrons. The van der Waals surface area contributed by atoms with Crippen LogP contribution in [0.1, 0.15) is 5.69 Å². The van der Waals surface area contributed by atoms with Gasteiger partial charge < -0.3 is 4.57 Å². The van der Waals surface area contributed by atoms with E-state index >= 15 is 0 Å². The van der Waals surface area contributed by atoms with Crippen molar-refractivity contribution >= 4 is 0 Å². The summed E-state index contributed by atoms with van der Waals surface area (Å²) in [6, 6.07) is 0. The normalized spacial score (nSPS) is 10.8. The number of aromatic nitrogens is 2. The van der Waals surface area contributed by atoms with Gasteiger partial charge in [0.15, 0.2) is 6.33 Å². The molecule has 0 saturated heterocycles. The van der Waals surface area contributed by atoms with Crippen molar-refractivity contribution < 1.29 is 8.78 Å². The molecule has 0 aliphatic carbocycles. The van der Waals surface area contributed by atoms with E-state index in [4.69, 9.17) is 0 Å². The summed E-state index contributed by atoms with van der Waals surface area (Å²) in [5.74, 6) is 0. The smallest absolute Gasteiger partial charge is 0.256 e. The molecule has 1 heterocycles. The van der Waals surface area contributed by atoms with E-state index in [2.05, 4.69) is 17.5 Å². The highest BCUT2D eigenvalue weighted by Crippen LogP contribution is 2.00. The van der Waals surface area contributed by atoms with Crippen LogP contribution in [0.3, 0.4) is 0 Å². The largest absolute Gasteiger partial charge is 0.319 e. The fourth-order valence-corrected chi connectivity index (χ4v) is 0.617. The quantitative estimate of drug-likeness (QED) is 0.606. The van der Waals surface area contributed by atoms with Gasteiger partial charge in [-0.2, -0.15) is 0 Å². The maximum absolute atomic E-state index is 11.7. The maximum Gasteiger partial charge on any atom is 0.256 e. The van der Waals surface area contributed by atoms with E-state index in [-0.39, 0.29) is 6.54 Å². The van der Waals surface area contributed by atoms with E-state index in [1.54, 1.807) is 6.92 Å². The molecular formula is C6H6F2N2. The lowest BCUT2D eigenvalue weighted by Gasteiger charge is -2.00. The van der Waals surface area contributed by atoms with Crippen LogP contribution in [0.4, 0.5) is 8.78 Å². The first kappa shape index (κ1) is 7.18. The van der Waals surface area contributed by atoms with Gasteiger partial charge >= 0.3 is 0 Å². The SMILES string of the molecule is Cc1[c]n[c]n1CC(F)F. The fraction of sp³-hybridized carbons (Fsp3) is 0.500. The van der Waals surface area contributed by atoms with Crippen molar-refractivity contribution in [1.82, 2.24) is 9.55 Å². The third kappa shape index (κ3) is 1.52. The Hall–Kier alpha value is -0.930. The number of hydrogen-bond acceptors (Lipinski definition) is 1. The van der Waals surface area contributed by atoms with E-state index in [0.29, 0.717) is 5.69 Å². The Labute approximate surface area is 57.5 Å². The Morgan fingerprint density at radius 2 is 2.40 bits per heavy atom. The molecule has 1 aromatic rings. The molecule has 4 heteroatoms. The summed E-state index contributed by atoms with van der Waals surface area (Å²) in [7, 11) is 0. The first-order valence-corrected chi connectivity index (χ1v) is 2.81. The summed E-state index contributed by atoms with van der Waals surface area (Å²) in [6.45, 7) is 1.31. The first-order valence-electron chi connectivity index (χ1n) is 2.81. The summed E-state index contributed by atoms with van der Waals surface area (Å²) in [5, 5.41) is 0. The van der Waals surface area contributed by atoms with E-state index < -0.39 is 6.43 Å². The topological polar surface area (TPSA) is 17.8 Å². The third-order valence-corrected chi connectivity index (χ3v) is 1.11. The van der Waals surface area contributed by atoms with Crippen LogP contribution >= 0.6 is 0 Å². The summed E-state index contributed by atoms with van der Waals surface area (Å²) in [5.41, 5.74) is 0.584. The number of halogens is 2. The molecule has 0 bridgehead atoms. The minimum atomic E-state index is -2.35. The Morgan fingerprint density at radius 1 is 1.70 bits per heavy atom. The minimum Gasteiger partial charge on any atom is -0.319 e. The lowest BCUT2D eigenvalue weighted by atomic mass is 10.5. The van der Waals surface area contributed by atoms with Gasteiger partial charge in [-0.05, 0) is 6.92 Å². The summed E-state index contributed by atoms with van der Waals surface area (Å²) in [4.78, 5) is 3.45. The highest BCUT2D eigenvalue weighted by molar-refractivity contribution is 4.90. The molecule has 0 fully saturated rings. The molecule has 0 unspecified atom stereocenters. The van der Waals surface area contributed by atoms with E-state index in [0.717, 1.165) is 0 Å². The highest BCUT2D eigenvalue weighted by atomic mass is 19.3. The number of rotatable bonds is 2. The van der Waals surface area contributed by atoms with Crippen LogP contribution in [0, 0.1) is 19.4 Å². The third-order valence-electron chi connectivity index (χ3n) is 1.11. The zero-order chi connectivity index (χ0) is 7.56. The second kappa shape index (κ2) is 2.77. The number of alkyl halides is 2. The van der Waals surface area contributed by atoms with Gasteiger partial charge in [-0.1, -0.05) is 0 Å². The minimum absolute atomic E-state index is 0.345. The van der Waals surface area contributed by atoms with Crippen LogP contribution < -0.4 is 0 Å². The average Bonchev–Trinajstić information content (AvgIpc) is 2.15. The number of aryl methyl sites for hydroxylation is 1. The number of imidazole rings is 1. The summed E-state index contributed by atoms with van der Waals surface area (Å²) >= 11 is 0. The molecular weight excluding hydrogens is 138 g/mol. The van der Waals surface area contributed by atoms with Gasteiger partial charge in [0.1, 0.15) is 6.20 Å². The Bertz CT molecular complexity index is 207. The summed E-state index contributed by atoms with van der Waals surface area (Å²) in [6.07, 6.45) is 2.52. The van der Waals surface area contributed by atoms with Crippen molar-refractivity contribution in [3.63, 3.8) is 0 Å². The van der Waals surface area contributed by atoms with Gasteiger partial charge in [0, 0.05) is 5.69 Å². The molecule has 1 aromatic heterocycles. The number of hydrogen-bond donors (Lipinski definition) is 0. The van der Waals surface area contributed by atoms with E-state index in [1.165, 1.54) is 4.57 Å². The molecule has 0 amide bonds. The van der Waals surface area contributed by atoms with Crippen molar-refractivity contribution in [2.75, 3.05) is 0 Å². The van der Waals surface area contributed by atoms with Crippen molar-refractivity contribution in [3.8, 4) is 0 Å². The predicted octanol–water partition coefficient (Wildman–Crippen LogP) is 1.06. The lowest BCUT2D eigenvalue weighted by Crippen LogP contribution is -2.06. The molecule has 0 N–H and O–H groups in total. The van der Waals surface area contributed by atoms with Crippen molar-refractivity contribution in [2.24, 2.45) is 0 Å². The zero-order valence-electron chi connectivity index (χ0n) is 5.43. The second-order valence-corrected chi connectivity index (χ2v) is 1.91. The number of nitrogens with zero attached hydrogens (tertiary/aromatic N) is 2. The fourth-order valence-electron chi connectivity index (χ4n) is 0.617. The van der Waals surface area contributed by atoms with Crippen LogP contribution in [0.2, 0.25) is 0 Å². The van der Waals surface area contributed by atoms with Gasteiger partial charge in [-0.15, -0.1) is 0 Å². The van der Waals surface area contributed by atoms with Crippen molar-refractivity contribution in [3.05, 3.63) is 18.2 Å². The van der Waals surface area contributed by atoms with Crippen LogP contribution in [0.25, 0.3) is 0 Å². The molecule has 0 spiro atoms. The van der Waals surface area contributed by atoms with Crippen LogP contribution in [-0.2, 0) is 6.54 Å². The Morgan fingerprint density at radius 3 is 2.80 bits per heavy atom. The highest BCUT2D eigenvalue weighted by Gasteiger charge is 2.05. The predicted molar refractivity (Wildman–Crippen MR) is 30.6 cm³/mol.